The largest absolute Gasteiger partial charge is 0.478 e. The van der Waals surface area contributed by atoms with E-state index in [1.54, 1.807) is 0 Å². The number of nitrogens with one attached hydrogen (secondary N) is 2. The van der Waals surface area contributed by atoms with E-state index in [1.807, 2.05) is 78.7 Å². The first-order valence-corrected chi connectivity index (χ1v) is 13.9. The van der Waals surface area contributed by atoms with E-state index in [1.165, 1.54) is 18.2 Å². The molecule has 0 saturated heterocycles. The third-order valence-electron chi connectivity index (χ3n) is 7.21. The molecule has 0 bridgehead atoms. The SMILES string of the molecule is CN(Cc1ccccc1)CC(NC(=O)OCC1c2ccccc2-c2ccccc21)C(=O)Nc1ccc(C(=O)O)c(Cl)c1. The van der Waals surface area contributed by atoms with Crippen molar-refractivity contribution in [3.05, 3.63) is 124 Å². The molecule has 42 heavy (non-hydrogen) atoms. The van der Waals surface area contributed by atoms with Crippen molar-refractivity contribution in [3.8, 4) is 11.1 Å². The van der Waals surface area contributed by atoms with Crippen molar-refractivity contribution in [1.82, 2.24) is 10.2 Å². The normalized spacial score (nSPS) is 12.7. The van der Waals surface area contributed by atoms with E-state index in [0.717, 1.165) is 27.8 Å². The highest BCUT2D eigenvalue weighted by Crippen LogP contribution is 2.44. The maximum Gasteiger partial charge on any atom is 0.407 e. The average Bonchev–Trinajstić information content (AvgIpc) is 3.29. The molecular formula is C33H30ClN3O5. The fraction of sp³-hybridized carbons (Fsp3) is 0.182. The minimum atomic E-state index is -1.17. The summed E-state index contributed by atoms with van der Waals surface area (Å²) < 4.78 is 5.70. The Kier molecular flexibility index (Phi) is 8.85. The van der Waals surface area contributed by atoms with Crippen LogP contribution in [0.4, 0.5) is 10.5 Å². The van der Waals surface area contributed by atoms with Gasteiger partial charge in [0.2, 0.25) is 5.91 Å². The Morgan fingerprint density at radius 3 is 2.14 bits per heavy atom. The lowest BCUT2D eigenvalue weighted by Gasteiger charge is -2.25. The third kappa shape index (κ3) is 6.62. The standard InChI is InChI=1S/C33H30ClN3O5/c1-37(18-21-9-3-2-4-10-21)19-30(31(38)35-22-15-16-27(32(39)40)29(34)17-22)36-33(41)42-20-28-25-13-7-5-11-23(25)24-12-6-8-14-26(24)28/h2-17,28,30H,18-20H2,1H3,(H,35,38)(H,36,41)(H,39,40). The van der Waals surface area contributed by atoms with Crippen LogP contribution in [0.25, 0.3) is 11.1 Å². The summed E-state index contributed by atoms with van der Waals surface area (Å²) in [7, 11) is 1.85. The number of hydrogen-bond donors (Lipinski definition) is 3. The van der Waals surface area contributed by atoms with Crippen molar-refractivity contribution in [2.24, 2.45) is 0 Å². The van der Waals surface area contributed by atoms with Crippen molar-refractivity contribution < 1.29 is 24.2 Å². The van der Waals surface area contributed by atoms with Crippen LogP contribution in [-0.2, 0) is 16.1 Å². The molecule has 1 unspecified atom stereocenters. The molecule has 1 aliphatic rings. The Morgan fingerprint density at radius 1 is 0.905 bits per heavy atom. The van der Waals surface area contributed by atoms with E-state index < -0.39 is 24.0 Å². The van der Waals surface area contributed by atoms with Crippen LogP contribution in [0.15, 0.2) is 97.1 Å². The van der Waals surface area contributed by atoms with Gasteiger partial charge in [0.25, 0.3) is 0 Å². The lowest BCUT2D eigenvalue weighted by atomic mass is 9.98. The zero-order valence-electron chi connectivity index (χ0n) is 22.9. The molecule has 9 heteroatoms. The van der Waals surface area contributed by atoms with Crippen LogP contribution in [0.1, 0.15) is 33.0 Å². The fourth-order valence-corrected chi connectivity index (χ4v) is 5.50. The Balaban J connectivity index is 1.29. The van der Waals surface area contributed by atoms with Crippen LogP contribution in [0.2, 0.25) is 5.02 Å². The second-order valence-corrected chi connectivity index (χ2v) is 10.6. The number of aromatic carboxylic acids is 1. The summed E-state index contributed by atoms with van der Waals surface area (Å²) in [6.45, 7) is 0.850. The third-order valence-corrected chi connectivity index (χ3v) is 7.52. The van der Waals surface area contributed by atoms with Crippen molar-refractivity contribution in [3.63, 3.8) is 0 Å². The van der Waals surface area contributed by atoms with E-state index in [0.29, 0.717) is 12.2 Å². The first kappa shape index (κ1) is 28.9. The van der Waals surface area contributed by atoms with Gasteiger partial charge in [-0.05, 0) is 53.1 Å². The Hall–Kier alpha value is -4.66. The predicted octanol–water partition coefficient (Wildman–Crippen LogP) is 6.02. The van der Waals surface area contributed by atoms with Gasteiger partial charge in [-0.25, -0.2) is 9.59 Å². The molecule has 214 valence electrons. The number of carbonyl (C=O) groups excluding carboxylic acids is 2. The van der Waals surface area contributed by atoms with E-state index in [2.05, 4.69) is 22.8 Å². The number of nitrogens with zero attached hydrogens (tertiary/aromatic N) is 1. The van der Waals surface area contributed by atoms with Crippen molar-refractivity contribution >= 4 is 35.3 Å². The molecular weight excluding hydrogens is 554 g/mol. The summed E-state index contributed by atoms with van der Waals surface area (Å²) in [5, 5.41) is 14.7. The number of anilines is 1. The summed E-state index contributed by atoms with van der Waals surface area (Å²) in [5.74, 6) is -1.79. The molecule has 0 radical (unpaired) electrons. The number of rotatable bonds is 10. The molecule has 0 spiro atoms. The number of fused-ring (bicyclic) bond motifs is 3. The number of ether oxygens (including phenoxy) is 1. The molecule has 0 saturated carbocycles. The van der Waals surface area contributed by atoms with E-state index >= 15 is 0 Å². The zero-order valence-corrected chi connectivity index (χ0v) is 23.7. The number of carboxylic acids is 1. The second kappa shape index (κ2) is 12.9. The smallest absolute Gasteiger partial charge is 0.407 e. The number of alkyl carbamates (subject to hydrolysis) is 1. The van der Waals surface area contributed by atoms with Gasteiger partial charge in [0.1, 0.15) is 12.6 Å². The summed E-state index contributed by atoms with van der Waals surface area (Å²) in [6, 6.07) is 29.0. The van der Waals surface area contributed by atoms with Gasteiger partial charge in [0.05, 0.1) is 10.6 Å². The summed E-state index contributed by atoms with van der Waals surface area (Å²) in [4.78, 5) is 39.7. The van der Waals surface area contributed by atoms with Crippen molar-refractivity contribution in [2.45, 2.75) is 18.5 Å². The number of carboxylic acid groups (broad SMARTS) is 1. The minimum Gasteiger partial charge on any atom is -0.478 e. The molecule has 0 heterocycles. The van der Waals surface area contributed by atoms with E-state index in [-0.39, 0.29) is 29.7 Å². The number of carbonyl (C=O) groups is 3. The van der Waals surface area contributed by atoms with E-state index in [4.69, 9.17) is 16.3 Å². The molecule has 1 atom stereocenters. The molecule has 4 aromatic carbocycles. The fourth-order valence-electron chi connectivity index (χ4n) is 5.24. The van der Waals surface area contributed by atoms with Crippen LogP contribution in [-0.4, -0.2) is 54.2 Å². The second-order valence-electron chi connectivity index (χ2n) is 10.2. The summed E-state index contributed by atoms with van der Waals surface area (Å²) in [5.41, 5.74) is 5.70. The lowest BCUT2D eigenvalue weighted by molar-refractivity contribution is -0.118. The Labute approximate surface area is 248 Å². The predicted molar refractivity (Wildman–Crippen MR) is 162 cm³/mol. The highest BCUT2D eigenvalue weighted by atomic mass is 35.5. The van der Waals surface area contributed by atoms with Gasteiger partial charge in [-0.2, -0.15) is 0 Å². The van der Waals surface area contributed by atoms with Gasteiger partial charge < -0.3 is 20.5 Å². The number of likely N-dealkylation sites (N-methyl/N-ethyl adjacent to an activating group) is 1. The topological polar surface area (TPSA) is 108 Å². The molecule has 4 aromatic rings. The zero-order chi connectivity index (χ0) is 29.6. The van der Waals surface area contributed by atoms with Gasteiger partial charge in [-0.3, -0.25) is 9.69 Å². The van der Waals surface area contributed by atoms with Crippen LogP contribution in [0, 0.1) is 0 Å². The molecule has 3 N–H and O–H groups in total. The molecule has 0 aliphatic heterocycles. The summed E-state index contributed by atoms with van der Waals surface area (Å²) in [6.07, 6.45) is -0.718. The summed E-state index contributed by atoms with van der Waals surface area (Å²) >= 11 is 6.09. The van der Waals surface area contributed by atoms with Gasteiger partial charge in [0.15, 0.2) is 0 Å². The Bertz CT molecular complexity index is 1570. The average molecular weight is 584 g/mol. The van der Waals surface area contributed by atoms with Gasteiger partial charge >= 0.3 is 12.1 Å². The minimum absolute atomic E-state index is 0.0115. The quantitative estimate of drug-likeness (QED) is 0.211. The highest BCUT2D eigenvalue weighted by molar-refractivity contribution is 6.33. The van der Waals surface area contributed by atoms with Gasteiger partial charge in [-0.15, -0.1) is 0 Å². The molecule has 2 amide bonds. The number of amides is 2. The van der Waals surface area contributed by atoms with Gasteiger partial charge in [0, 0.05) is 24.7 Å². The maximum atomic E-state index is 13.4. The van der Waals surface area contributed by atoms with Crippen LogP contribution in [0.5, 0.6) is 0 Å². The monoisotopic (exact) mass is 583 g/mol. The molecule has 5 rings (SSSR count). The number of hydrogen-bond acceptors (Lipinski definition) is 5. The van der Waals surface area contributed by atoms with E-state index in [9.17, 15) is 19.5 Å². The van der Waals surface area contributed by atoms with Crippen molar-refractivity contribution in [2.75, 3.05) is 25.5 Å². The maximum absolute atomic E-state index is 13.4. The first-order valence-electron chi connectivity index (χ1n) is 13.5. The molecule has 8 nitrogen and oxygen atoms in total. The van der Waals surface area contributed by atoms with Crippen LogP contribution >= 0.6 is 11.6 Å². The van der Waals surface area contributed by atoms with Crippen LogP contribution < -0.4 is 10.6 Å². The number of halogens is 1. The highest BCUT2D eigenvalue weighted by Gasteiger charge is 2.30. The molecule has 0 fully saturated rings. The lowest BCUT2D eigenvalue weighted by Crippen LogP contribution is -2.50. The number of benzene rings is 4. The Morgan fingerprint density at radius 2 is 1.52 bits per heavy atom. The molecule has 0 aromatic heterocycles. The van der Waals surface area contributed by atoms with Gasteiger partial charge in [-0.1, -0.05) is 90.5 Å². The van der Waals surface area contributed by atoms with Crippen molar-refractivity contribution in [1.29, 1.82) is 0 Å². The molecule has 1 aliphatic carbocycles. The van der Waals surface area contributed by atoms with Crippen LogP contribution in [0.3, 0.4) is 0 Å². The first-order chi connectivity index (χ1) is 20.3.